The maximum absolute atomic E-state index is 11.5. The van der Waals surface area contributed by atoms with Crippen LogP contribution in [0.2, 0.25) is 0 Å². The van der Waals surface area contributed by atoms with Crippen LogP contribution in [-0.2, 0) is 16.0 Å². The Bertz CT molecular complexity index is 910. The molecule has 178 valence electrons. The molecule has 8 nitrogen and oxygen atoms in total. The average Bonchev–Trinajstić information content (AvgIpc) is 2.81. The number of benzene rings is 2. The Morgan fingerprint density at radius 1 is 0.970 bits per heavy atom. The number of Topliss-reactive ketones (excluding diaryl/α,β-unsaturated/α-hetero) is 1. The largest absolute Gasteiger partial charge is 0.493 e. The summed E-state index contributed by atoms with van der Waals surface area (Å²) in [4.78, 5) is 32.2. The van der Waals surface area contributed by atoms with Gasteiger partial charge in [-0.1, -0.05) is 30.3 Å². The number of carbonyl (C=O) groups excluding carboxylic acids is 1. The van der Waals surface area contributed by atoms with Gasteiger partial charge >= 0.3 is 11.9 Å². The highest BCUT2D eigenvalue weighted by atomic mass is 16.5. The summed E-state index contributed by atoms with van der Waals surface area (Å²) in [5.74, 6) is -1.53. The number of hydrogen-bond donors (Lipinski definition) is 2. The highest BCUT2D eigenvalue weighted by Crippen LogP contribution is 2.28. The molecule has 1 fully saturated rings. The van der Waals surface area contributed by atoms with Crippen molar-refractivity contribution < 1.29 is 34.1 Å². The first kappa shape index (κ1) is 25.9. The molecule has 2 aromatic rings. The summed E-state index contributed by atoms with van der Waals surface area (Å²) in [7, 11) is 1.60. The van der Waals surface area contributed by atoms with Crippen molar-refractivity contribution in [3.8, 4) is 11.5 Å². The summed E-state index contributed by atoms with van der Waals surface area (Å²) >= 11 is 0. The van der Waals surface area contributed by atoms with Gasteiger partial charge in [-0.2, -0.15) is 0 Å². The number of likely N-dealkylation sites (tertiary alicyclic amines) is 1. The number of ether oxygens (including phenoxy) is 2. The first-order valence-electron chi connectivity index (χ1n) is 10.8. The number of rotatable bonds is 8. The molecule has 0 aliphatic carbocycles. The van der Waals surface area contributed by atoms with E-state index in [2.05, 4.69) is 35.2 Å². The molecule has 2 N–H and O–H groups in total. The summed E-state index contributed by atoms with van der Waals surface area (Å²) < 4.78 is 11.3. The predicted octanol–water partition coefficient (Wildman–Crippen LogP) is 3.39. The summed E-state index contributed by atoms with van der Waals surface area (Å²) in [5, 5.41) is 14.8. The van der Waals surface area contributed by atoms with Crippen LogP contribution in [0.1, 0.15) is 35.7 Å². The Hall–Kier alpha value is -3.39. The van der Waals surface area contributed by atoms with Crippen LogP contribution in [0, 0.1) is 5.92 Å². The number of piperidine rings is 1. The number of carboxylic acids is 2. The van der Waals surface area contributed by atoms with Crippen molar-refractivity contribution in [2.75, 3.05) is 33.4 Å². The highest BCUT2D eigenvalue weighted by molar-refractivity contribution is 6.27. The average molecular weight is 458 g/mol. The van der Waals surface area contributed by atoms with Crippen LogP contribution < -0.4 is 9.47 Å². The van der Waals surface area contributed by atoms with Crippen molar-refractivity contribution in [2.45, 2.75) is 26.2 Å². The molecule has 1 saturated heterocycles. The van der Waals surface area contributed by atoms with Gasteiger partial charge in [0.1, 0.15) is 6.61 Å². The van der Waals surface area contributed by atoms with Crippen LogP contribution in [0.5, 0.6) is 11.5 Å². The standard InChI is InChI=1S/C23H29NO3.C2H2O4/c1-18(25)21-8-9-22(23(17-21)26-2)27-15-14-24-12-10-20(11-13-24)16-19-6-4-3-5-7-19;3-1(4)2(5)6/h3-9,17,20H,10-16H2,1-2H3;(H,3,4)(H,5,6). The van der Waals surface area contributed by atoms with Gasteiger partial charge in [0.2, 0.25) is 0 Å². The summed E-state index contributed by atoms with van der Waals surface area (Å²) in [6.07, 6.45) is 3.67. The second-order valence-electron chi connectivity index (χ2n) is 7.86. The molecule has 0 saturated carbocycles. The fourth-order valence-electron chi connectivity index (χ4n) is 3.65. The summed E-state index contributed by atoms with van der Waals surface area (Å²) in [6.45, 7) is 5.34. The lowest BCUT2D eigenvalue weighted by Gasteiger charge is -2.32. The number of methoxy groups -OCH3 is 1. The van der Waals surface area contributed by atoms with E-state index in [1.807, 2.05) is 6.07 Å². The van der Waals surface area contributed by atoms with E-state index in [0.717, 1.165) is 25.6 Å². The highest BCUT2D eigenvalue weighted by Gasteiger charge is 2.19. The van der Waals surface area contributed by atoms with Gasteiger partial charge in [-0.05, 0) is 69.0 Å². The van der Waals surface area contributed by atoms with Crippen LogP contribution in [0.25, 0.3) is 0 Å². The number of nitrogens with zero attached hydrogens (tertiary/aromatic N) is 1. The van der Waals surface area contributed by atoms with Crippen LogP contribution in [0.3, 0.4) is 0 Å². The van der Waals surface area contributed by atoms with E-state index < -0.39 is 11.9 Å². The van der Waals surface area contributed by atoms with E-state index in [0.29, 0.717) is 23.7 Å². The monoisotopic (exact) mass is 457 g/mol. The van der Waals surface area contributed by atoms with Crippen molar-refractivity contribution >= 4 is 17.7 Å². The molecule has 0 amide bonds. The minimum absolute atomic E-state index is 0.0261. The van der Waals surface area contributed by atoms with Gasteiger partial charge in [0, 0.05) is 12.1 Å². The summed E-state index contributed by atoms with van der Waals surface area (Å²) in [5.41, 5.74) is 2.08. The Labute approximate surface area is 193 Å². The third-order valence-electron chi connectivity index (χ3n) is 5.49. The molecular weight excluding hydrogens is 426 g/mol. The zero-order valence-corrected chi connectivity index (χ0v) is 19.0. The molecular formula is C25H31NO7. The molecule has 2 aromatic carbocycles. The van der Waals surface area contributed by atoms with E-state index in [9.17, 15) is 4.79 Å². The lowest BCUT2D eigenvalue weighted by molar-refractivity contribution is -0.159. The first-order chi connectivity index (χ1) is 15.8. The molecule has 0 atom stereocenters. The number of carbonyl (C=O) groups is 3. The minimum atomic E-state index is -1.82. The van der Waals surface area contributed by atoms with Crippen LogP contribution in [0.4, 0.5) is 0 Å². The normalized spacial score (nSPS) is 14.0. The van der Waals surface area contributed by atoms with Gasteiger partial charge in [0.25, 0.3) is 0 Å². The van der Waals surface area contributed by atoms with Crippen molar-refractivity contribution in [2.24, 2.45) is 5.92 Å². The fraction of sp³-hybridized carbons (Fsp3) is 0.400. The van der Waals surface area contributed by atoms with Crippen molar-refractivity contribution in [3.63, 3.8) is 0 Å². The fourth-order valence-corrected chi connectivity index (χ4v) is 3.65. The topological polar surface area (TPSA) is 113 Å². The zero-order valence-electron chi connectivity index (χ0n) is 19.0. The lowest BCUT2D eigenvalue weighted by Crippen LogP contribution is -2.37. The van der Waals surface area contributed by atoms with Crippen molar-refractivity contribution in [1.29, 1.82) is 0 Å². The first-order valence-corrected chi connectivity index (χ1v) is 10.8. The molecule has 0 radical (unpaired) electrons. The number of carboxylic acid groups (broad SMARTS) is 2. The maximum Gasteiger partial charge on any atom is 0.414 e. The molecule has 0 bridgehead atoms. The molecule has 0 aromatic heterocycles. The van der Waals surface area contributed by atoms with E-state index in [1.165, 1.54) is 24.8 Å². The molecule has 1 aliphatic heterocycles. The minimum Gasteiger partial charge on any atom is -0.493 e. The van der Waals surface area contributed by atoms with E-state index in [-0.39, 0.29) is 5.78 Å². The zero-order chi connectivity index (χ0) is 24.2. The van der Waals surface area contributed by atoms with Crippen molar-refractivity contribution in [3.05, 3.63) is 59.7 Å². The summed E-state index contributed by atoms with van der Waals surface area (Å²) in [6, 6.07) is 16.1. The SMILES string of the molecule is COc1cc(C(C)=O)ccc1OCCN1CCC(Cc2ccccc2)CC1.O=C(O)C(=O)O. The van der Waals surface area contributed by atoms with Gasteiger partial charge in [-0.15, -0.1) is 0 Å². The number of aliphatic carboxylic acids is 2. The molecule has 8 heteroatoms. The van der Waals surface area contributed by atoms with Gasteiger partial charge in [-0.25, -0.2) is 9.59 Å². The maximum atomic E-state index is 11.5. The Kier molecular flexibility index (Phi) is 10.4. The quantitative estimate of drug-likeness (QED) is 0.458. The number of hydrogen-bond acceptors (Lipinski definition) is 6. The molecule has 0 unspecified atom stereocenters. The lowest BCUT2D eigenvalue weighted by atomic mass is 9.90. The molecule has 1 heterocycles. The van der Waals surface area contributed by atoms with Gasteiger partial charge in [0.05, 0.1) is 7.11 Å². The van der Waals surface area contributed by atoms with Crippen molar-refractivity contribution in [1.82, 2.24) is 4.90 Å². The smallest absolute Gasteiger partial charge is 0.414 e. The van der Waals surface area contributed by atoms with Gasteiger partial charge < -0.3 is 19.7 Å². The Morgan fingerprint density at radius 3 is 2.15 bits per heavy atom. The van der Waals surface area contributed by atoms with E-state index in [1.54, 1.807) is 26.2 Å². The molecule has 33 heavy (non-hydrogen) atoms. The van der Waals surface area contributed by atoms with E-state index >= 15 is 0 Å². The molecule has 0 spiro atoms. The second-order valence-corrected chi connectivity index (χ2v) is 7.86. The number of ketones is 1. The Morgan fingerprint density at radius 2 is 1.61 bits per heavy atom. The molecule has 3 rings (SSSR count). The van der Waals surface area contributed by atoms with Crippen LogP contribution >= 0.6 is 0 Å². The van der Waals surface area contributed by atoms with Gasteiger partial charge in [0.15, 0.2) is 17.3 Å². The third kappa shape index (κ3) is 8.94. The molecule has 1 aliphatic rings. The second kappa shape index (κ2) is 13.2. The Balaban J connectivity index is 0.000000569. The van der Waals surface area contributed by atoms with Crippen LogP contribution in [0.15, 0.2) is 48.5 Å². The third-order valence-corrected chi connectivity index (χ3v) is 5.49. The van der Waals surface area contributed by atoms with Gasteiger partial charge in [-0.3, -0.25) is 9.69 Å². The van der Waals surface area contributed by atoms with Crippen LogP contribution in [-0.4, -0.2) is 66.2 Å². The van der Waals surface area contributed by atoms with E-state index in [4.69, 9.17) is 29.3 Å². The predicted molar refractivity (Wildman–Crippen MR) is 123 cm³/mol.